The Bertz CT molecular complexity index is 935. The highest BCUT2D eigenvalue weighted by molar-refractivity contribution is 5.77. The summed E-state index contributed by atoms with van der Waals surface area (Å²) in [5.74, 6) is -0.502. The van der Waals surface area contributed by atoms with Gasteiger partial charge >= 0.3 is 5.97 Å². The highest BCUT2D eigenvalue weighted by Gasteiger charge is 2.24. The second kappa shape index (κ2) is 47.4. The molecular weight excluding hydrogens is 731 g/mol. The monoisotopic (exact) mass is 832 g/mol. The number of unbranched alkanes of at least 4 members (excludes halogenated alkanes) is 31. The number of hydrogen-bond acceptors (Lipinski definition) is 5. The van der Waals surface area contributed by atoms with Gasteiger partial charge in [-0.25, -0.2) is 0 Å². The lowest BCUT2D eigenvalue weighted by molar-refractivity contribution is -0.151. The van der Waals surface area contributed by atoms with Gasteiger partial charge in [0.05, 0.1) is 25.2 Å². The van der Waals surface area contributed by atoms with E-state index in [-0.39, 0.29) is 24.9 Å². The van der Waals surface area contributed by atoms with E-state index in [1.54, 1.807) is 0 Å². The number of carbonyl (C=O) groups excluding carboxylic acids is 2. The van der Waals surface area contributed by atoms with Crippen LogP contribution in [0.4, 0.5) is 0 Å². The van der Waals surface area contributed by atoms with Gasteiger partial charge in [-0.15, -0.1) is 0 Å². The van der Waals surface area contributed by atoms with Gasteiger partial charge in [0.1, 0.15) is 6.10 Å². The minimum absolute atomic E-state index is 0.0573. The smallest absolute Gasteiger partial charge is 0.306 e. The molecule has 0 spiro atoms. The summed E-state index contributed by atoms with van der Waals surface area (Å²) in [4.78, 5) is 26.1. The highest BCUT2D eigenvalue weighted by atomic mass is 16.5. The first-order chi connectivity index (χ1) is 29.0. The Hall–Kier alpha value is -1.66. The number of nitrogens with one attached hydrogen (secondary N) is 1. The number of aliphatic hydroxyl groups is 2. The zero-order valence-corrected chi connectivity index (χ0v) is 39.7. The third kappa shape index (κ3) is 42.8. The van der Waals surface area contributed by atoms with Crippen molar-refractivity contribution in [1.29, 1.82) is 0 Å². The number of carbonyl (C=O) groups is 2. The van der Waals surface area contributed by atoms with Crippen molar-refractivity contribution in [2.75, 3.05) is 6.61 Å². The molecule has 0 radical (unpaired) electrons. The molecule has 0 bridgehead atoms. The molecule has 0 aromatic rings. The summed E-state index contributed by atoms with van der Waals surface area (Å²) in [6, 6.07) is -0.707. The van der Waals surface area contributed by atoms with Crippen LogP contribution in [0.3, 0.4) is 0 Å². The molecule has 1 amide bonds. The largest absolute Gasteiger partial charge is 0.462 e. The van der Waals surface area contributed by atoms with Gasteiger partial charge < -0.3 is 20.3 Å². The van der Waals surface area contributed by atoms with Crippen molar-refractivity contribution in [3.05, 3.63) is 24.3 Å². The average molecular weight is 832 g/mol. The first-order valence-corrected chi connectivity index (χ1v) is 26.1. The van der Waals surface area contributed by atoms with Crippen LogP contribution in [-0.4, -0.2) is 46.9 Å². The van der Waals surface area contributed by atoms with E-state index in [0.717, 1.165) is 64.2 Å². The van der Waals surface area contributed by atoms with Gasteiger partial charge in [-0.2, -0.15) is 0 Å². The van der Waals surface area contributed by atoms with Gasteiger partial charge in [0, 0.05) is 6.42 Å². The third-order valence-electron chi connectivity index (χ3n) is 12.0. The van der Waals surface area contributed by atoms with Crippen LogP contribution in [0.2, 0.25) is 0 Å². The maximum atomic E-state index is 13.2. The Labute approximate surface area is 367 Å². The van der Waals surface area contributed by atoms with Gasteiger partial charge in [-0.1, -0.05) is 218 Å². The molecule has 0 aliphatic rings. The number of ether oxygens (including phenoxy) is 1. The summed E-state index contributed by atoms with van der Waals surface area (Å²) in [7, 11) is 0. The molecule has 0 aliphatic heterocycles. The predicted molar refractivity (Wildman–Crippen MR) is 255 cm³/mol. The Morgan fingerprint density at radius 1 is 0.475 bits per heavy atom. The Balaban J connectivity index is 4.56. The average Bonchev–Trinajstić information content (AvgIpc) is 3.23. The SMILES string of the molecule is CCCCCCCCC/C=C\CCCC(CC(=O)NC(CO)C(O)CCCCCCCCCCCCCC)OC(=O)CCCCCCC/C=C/CCCCCCCCC. The van der Waals surface area contributed by atoms with Gasteiger partial charge in [0.15, 0.2) is 0 Å². The van der Waals surface area contributed by atoms with Crippen LogP contribution in [0.15, 0.2) is 24.3 Å². The van der Waals surface area contributed by atoms with Crippen molar-refractivity contribution in [3.8, 4) is 0 Å². The van der Waals surface area contributed by atoms with E-state index in [1.807, 2.05) is 0 Å². The molecule has 3 atom stereocenters. The number of aliphatic hydroxyl groups excluding tert-OH is 2. The molecular formula is C53H101NO5. The fourth-order valence-electron chi connectivity index (χ4n) is 8.01. The van der Waals surface area contributed by atoms with Crippen LogP contribution in [0.1, 0.15) is 278 Å². The van der Waals surface area contributed by atoms with E-state index in [0.29, 0.717) is 19.3 Å². The van der Waals surface area contributed by atoms with Crippen LogP contribution < -0.4 is 5.32 Å². The molecule has 0 fully saturated rings. The van der Waals surface area contributed by atoms with E-state index < -0.39 is 18.2 Å². The molecule has 0 saturated heterocycles. The summed E-state index contributed by atoms with van der Waals surface area (Å²) in [6.45, 7) is 6.48. The van der Waals surface area contributed by atoms with Crippen molar-refractivity contribution in [3.63, 3.8) is 0 Å². The molecule has 0 aliphatic carbocycles. The highest BCUT2D eigenvalue weighted by Crippen LogP contribution is 2.17. The summed E-state index contributed by atoms with van der Waals surface area (Å²) < 4.78 is 5.91. The number of rotatable bonds is 47. The zero-order valence-electron chi connectivity index (χ0n) is 39.7. The normalized spacial score (nSPS) is 13.4. The van der Waals surface area contributed by atoms with Gasteiger partial charge in [0.25, 0.3) is 0 Å². The molecule has 348 valence electrons. The van der Waals surface area contributed by atoms with Crippen LogP contribution >= 0.6 is 0 Å². The molecule has 0 aromatic carbocycles. The van der Waals surface area contributed by atoms with E-state index in [2.05, 4.69) is 50.4 Å². The molecule has 0 saturated carbocycles. The van der Waals surface area contributed by atoms with Crippen molar-refractivity contribution < 1.29 is 24.5 Å². The lowest BCUT2D eigenvalue weighted by Crippen LogP contribution is -2.46. The first-order valence-electron chi connectivity index (χ1n) is 26.1. The zero-order chi connectivity index (χ0) is 43.1. The van der Waals surface area contributed by atoms with Gasteiger partial charge in [-0.05, 0) is 70.6 Å². The molecule has 0 rings (SSSR count). The molecule has 0 aromatic heterocycles. The standard InChI is InChI=1S/C53H101NO5/c1-4-7-10-13-16-19-22-25-26-27-28-31-34-37-40-43-46-53(58)59-49(44-41-38-35-32-29-23-20-17-14-11-8-5-2)47-52(57)54-50(48-55)51(56)45-42-39-36-33-30-24-21-18-15-12-9-6-3/h26-27,32,35,49-51,55-56H,4-25,28-31,33-34,36-48H2,1-3H3,(H,54,57)/b27-26+,35-32-. The Kier molecular flexibility index (Phi) is 46.1. The molecule has 59 heavy (non-hydrogen) atoms. The Morgan fingerprint density at radius 2 is 0.831 bits per heavy atom. The second-order valence-electron chi connectivity index (χ2n) is 17.9. The first kappa shape index (κ1) is 57.3. The van der Waals surface area contributed by atoms with Crippen molar-refractivity contribution in [2.24, 2.45) is 0 Å². The molecule has 0 heterocycles. The summed E-state index contributed by atoms with van der Waals surface area (Å²) in [5.41, 5.74) is 0. The summed E-state index contributed by atoms with van der Waals surface area (Å²) >= 11 is 0. The lowest BCUT2D eigenvalue weighted by Gasteiger charge is -2.24. The van der Waals surface area contributed by atoms with Crippen LogP contribution in [0, 0.1) is 0 Å². The predicted octanol–water partition coefficient (Wildman–Crippen LogP) is 15.5. The lowest BCUT2D eigenvalue weighted by atomic mass is 10.0. The number of amides is 1. The summed E-state index contributed by atoms with van der Waals surface area (Å²) in [5, 5.41) is 23.7. The summed E-state index contributed by atoms with van der Waals surface area (Å²) in [6.07, 6.45) is 53.8. The quantitative estimate of drug-likeness (QED) is 0.0322. The van der Waals surface area contributed by atoms with E-state index in [1.165, 1.54) is 167 Å². The minimum Gasteiger partial charge on any atom is -0.462 e. The van der Waals surface area contributed by atoms with Crippen LogP contribution in [-0.2, 0) is 14.3 Å². The van der Waals surface area contributed by atoms with Crippen LogP contribution in [0.25, 0.3) is 0 Å². The van der Waals surface area contributed by atoms with E-state index in [9.17, 15) is 19.8 Å². The van der Waals surface area contributed by atoms with E-state index >= 15 is 0 Å². The van der Waals surface area contributed by atoms with Crippen molar-refractivity contribution in [1.82, 2.24) is 5.32 Å². The Morgan fingerprint density at radius 3 is 1.24 bits per heavy atom. The van der Waals surface area contributed by atoms with E-state index in [4.69, 9.17) is 4.74 Å². The minimum atomic E-state index is -0.791. The van der Waals surface area contributed by atoms with Crippen molar-refractivity contribution >= 4 is 11.9 Å². The van der Waals surface area contributed by atoms with Gasteiger partial charge in [0.2, 0.25) is 5.91 Å². The van der Waals surface area contributed by atoms with Gasteiger partial charge in [-0.3, -0.25) is 9.59 Å². The topological polar surface area (TPSA) is 95.9 Å². The molecule has 6 heteroatoms. The van der Waals surface area contributed by atoms with Crippen LogP contribution in [0.5, 0.6) is 0 Å². The number of allylic oxidation sites excluding steroid dienone is 4. The number of esters is 1. The molecule has 3 unspecified atom stereocenters. The second-order valence-corrected chi connectivity index (χ2v) is 17.9. The number of hydrogen-bond donors (Lipinski definition) is 3. The molecule has 3 N–H and O–H groups in total. The third-order valence-corrected chi connectivity index (χ3v) is 12.0. The van der Waals surface area contributed by atoms with Crippen molar-refractivity contribution in [2.45, 2.75) is 296 Å². The maximum Gasteiger partial charge on any atom is 0.306 e. The maximum absolute atomic E-state index is 13.2. The fourth-order valence-corrected chi connectivity index (χ4v) is 8.01. The molecule has 6 nitrogen and oxygen atoms in total. The fraction of sp³-hybridized carbons (Fsp3) is 0.887.